The van der Waals surface area contributed by atoms with Gasteiger partial charge in [0, 0.05) is 10.4 Å². The zero-order chi connectivity index (χ0) is 22.1. The second-order valence-corrected chi connectivity index (χ2v) is 12.2. The highest BCUT2D eigenvalue weighted by Gasteiger charge is 2.26. The number of thiophene rings is 1. The molecule has 2 aromatic carbocycles. The molecule has 0 aliphatic heterocycles. The number of aromatic nitrogens is 1. The van der Waals surface area contributed by atoms with Gasteiger partial charge in [-0.2, -0.15) is 0 Å². The number of aryl methyl sites for hydroxylation is 1. The van der Waals surface area contributed by atoms with Crippen LogP contribution in [0.5, 0.6) is 0 Å². The Labute approximate surface area is 195 Å². The van der Waals surface area contributed by atoms with Crippen LogP contribution in [0.15, 0.2) is 54.6 Å². The molecule has 0 spiro atoms. The van der Waals surface area contributed by atoms with Crippen LogP contribution in [0.1, 0.15) is 28.8 Å². The van der Waals surface area contributed by atoms with E-state index >= 15 is 0 Å². The Morgan fingerprint density at radius 1 is 0.969 bits per heavy atom. The number of hydrogen-bond acceptors (Lipinski definition) is 6. The Balaban J connectivity index is 1.43. The van der Waals surface area contributed by atoms with Gasteiger partial charge in [0.05, 0.1) is 16.0 Å². The van der Waals surface area contributed by atoms with Gasteiger partial charge in [0.2, 0.25) is 5.91 Å². The fourth-order valence-electron chi connectivity index (χ4n) is 4.10. The van der Waals surface area contributed by atoms with Gasteiger partial charge in [-0.3, -0.25) is 4.79 Å². The molecule has 1 aliphatic carbocycles. The molecule has 1 aliphatic rings. The van der Waals surface area contributed by atoms with Crippen molar-refractivity contribution >= 4 is 53.6 Å². The van der Waals surface area contributed by atoms with Crippen molar-refractivity contribution in [2.24, 2.45) is 0 Å². The number of nitrogens with one attached hydrogen (secondary N) is 1. The third-order valence-corrected chi connectivity index (χ3v) is 9.25. The number of carbonyl (C=O) groups excluding carboxylic acids is 1. The Morgan fingerprint density at radius 3 is 2.53 bits per heavy atom. The maximum Gasteiger partial charge on any atom is 0.240 e. The average Bonchev–Trinajstić information content (AvgIpc) is 3.33. The molecule has 0 radical (unpaired) electrons. The number of carbonyl (C=O) groups is 1. The van der Waals surface area contributed by atoms with Crippen molar-refractivity contribution in [1.82, 2.24) is 4.98 Å². The van der Waals surface area contributed by atoms with E-state index in [1.54, 1.807) is 46.9 Å². The number of anilines is 1. The molecule has 0 fully saturated rings. The van der Waals surface area contributed by atoms with Gasteiger partial charge in [-0.25, -0.2) is 13.4 Å². The molecule has 0 saturated heterocycles. The van der Waals surface area contributed by atoms with Gasteiger partial charge in [-0.15, -0.1) is 22.7 Å². The van der Waals surface area contributed by atoms with Crippen molar-refractivity contribution in [2.75, 3.05) is 11.1 Å². The van der Waals surface area contributed by atoms with E-state index in [-0.39, 0.29) is 5.75 Å². The Hall–Kier alpha value is -2.55. The van der Waals surface area contributed by atoms with Crippen molar-refractivity contribution in [3.8, 4) is 10.6 Å². The molecule has 1 N–H and O–H groups in total. The fraction of sp³-hybridized carbons (Fsp3) is 0.250. The van der Waals surface area contributed by atoms with Crippen molar-refractivity contribution in [3.63, 3.8) is 0 Å². The maximum atomic E-state index is 12.8. The molecule has 4 aromatic rings. The van der Waals surface area contributed by atoms with Crippen LogP contribution >= 0.6 is 22.7 Å². The highest BCUT2D eigenvalue weighted by molar-refractivity contribution is 7.91. The normalized spacial score (nSPS) is 13.8. The first-order valence-electron chi connectivity index (χ1n) is 10.5. The summed E-state index contributed by atoms with van der Waals surface area (Å²) in [4.78, 5) is 18.9. The van der Waals surface area contributed by atoms with Gasteiger partial charge in [0.1, 0.15) is 15.8 Å². The zero-order valence-corrected chi connectivity index (χ0v) is 19.8. The minimum Gasteiger partial charge on any atom is -0.316 e. The second-order valence-electron chi connectivity index (χ2n) is 7.97. The van der Waals surface area contributed by atoms with Gasteiger partial charge >= 0.3 is 0 Å². The van der Waals surface area contributed by atoms with Crippen LogP contribution in [0.3, 0.4) is 0 Å². The number of rotatable bonds is 6. The van der Waals surface area contributed by atoms with Gasteiger partial charge in [0.25, 0.3) is 0 Å². The lowest BCUT2D eigenvalue weighted by atomic mass is 9.96. The quantitative estimate of drug-likeness (QED) is 0.396. The number of sulfone groups is 1. The predicted molar refractivity (Wildman–Crippen MR) is 132 cm³/mol. The van der Waals surface area contributed by atoms with Gasteiger partial charge in [-0.05, 0) is 48.9 Å². The first-order chi connectivity index (χ1) is 15.5. The Kier molecular flexibility index (Phi) is 5.84. The van der Waals surface area contributed by atoms with Crippen LogP contribution in [0, 0.1) is 0 Å². The minimum atomic E-state index is -3.57. The molecule has 32 heavy (non-hydrogen) atoms. The summed E-state index contributed by atoms with van der Waals surface area (Å²) < 4.78 is 26.3. The maximum absolute atomic E-state index is 12.8. The molecule has 1 amide bonds. The molecule has 164 valence electrons. The lowest BCUT2D eigenvalue weighted by Gasteiger charge is -2.12. The largest absolute Gasteiger partial charge is 0.316 e. The lowest BCUT2D eigenvalue weighted by molar-refractivity contribution is -0.113. The molecule has 8 heteroatoms. The summed E-state index contributed by atoms with van der Waals surface area (Å²) in [6, 6.07) is 16.9. The monoisotopic (exact) mass is 482 g/mol. The van der Waals surface area contributed by atoms with Crippen molar-refractivity contribution < 1.29 is 13.2 Å². The van der Waals surface area contributed by atoms with Crippen LogP contribution in [0.4, 0.5) is 5.00 Å². The number of benzene rings is 2. The molecule has 0 atom stereocenters. The topological polar surface area (TPSA) is 76.1 Å². The van der Waals surface area contributed by atoms with E-state index in [2.05, 4.69) is 5.32 Å². The number of hydrogen-bond donors (Lipinski definition) is 1. The van der Waals surface area contributed by atoms with Crippen LogP contribution in [0.2, 0.25) is 0 Å². The molecular weight excluding hydrogens is 460 g/mol. The van der Waals surface area contributed by atoms with Crippen molar-refractivity contribution in [3.05, 3.63) is 70.6 Å². The van der Waals surface area contributed by atoms with Gasteiger partial charge in [-0.1, -0.05) is 42.5 Å². The number of nitrogens with zero attached hydrogens (tertiary/aromatic N) is 1. The summed E-state index contributed by atoms with van der Waals surface area (Å²) in [5.41, 5.74) is 3.84. The molecule has 5 rings (SSSR count). The van der Waals surface area contributed by atoms with Crippen molar-refractivity contribution in [2.45, 2.75) is 31.4 Å². The molecule has 5 nitrogen and oxygen atoms in total. The summed E-state index contributed by atoms with van der Waals surface area (Å²) >= 11 is 3.17. The van der Waals surface area contributed by atoms with E-state index in [9.17, 15) is 13.2 Å². The first kappa shape index (κ1) is 21.3. The van der Waals surface area contributed by atoms with Crippen LogP contribution in [-0.4, -0.2) is 25.1 Å². The van der Waals surface area contributed by atoms with Crippen molar-refractivity contribution in [1.29, 1.82) is 0 Å². The van der Waals surface area contributed by atoms with E-state index in [0.717, 1.165) is 51.5 Å². The highest BCUT2D eigenvalue weighted by Crippen LogP contribution is 2.46. The molecule has 2 heterocycles. The molecule has 0 saturated carbocycles. The summed E-state index contributed by atoms with van der Waals surface area (Å²) in [7, 11) is -3.57. The number of amides is 1. The molecular formula is C24H22N2O3S3. The third-order valence-electron chi connectivity index (χ3n) is 5.51. The lowest BCUT2D eigenvalue weighted by Crippen LogP contribution is -2.23. The summed E-state index contributed by atoms with van der Waals surface area (Å²) in [6.07, 6.45) is 4.19. The Bertz CT molecular complexity index is 1360. The summed E-state index contributed by atoms with van der Waals surface area (Å²) in [6.45, 7) is 0. The van der Waals surface area contributed by atoms with Gasteiger partial charge < -0.3 is 5.32 Å². The van der Waals surface area contributed by atoms with Crippen LogP contribution in [0.25, 0.3) is 20.8 Å². The molecule has 2 aromatic heterocycles. The molecule has 0 unspecified atom stereocenters. The van der Waals surface area contributed by atoms with E-state index in [1.807, 2.05) is 30.3 Å². The first-order valence-corrected chi connectivity index (χ1v) is 14.0. The van der Waals surface area contributed by atoms with Crippen LogP contribution in [-0.2, 0) is 33.2 Å². The van der Waals surface area contributed by atoms with Crippen LogP contribution < -0.4 is 5.32 Å². The number of fused-ring (bicyclic) bond motifs is 2. The number of thiazole rings is 1. The highest BCUT2D eigenvalue weighted by atomic mass is 32.2. The predicted octanol–water partition coefficient (Wildman–Crippen LogP) is 5.46. The molecule has 0 bridgehead atoms. The Morgan fingerprint density at radius 2 is 1.72 bits per heavy atom. The summed E-state index contributed by atoms with van der Waals surface area (Å²) in [5, 5.41) is 4.52. The standard InChI is InChI=1S/C24H22N2O3S3/c27-21(15-32(28,29)14-16-8-2-1-3-9-16)26-24-22(17-10-4-6-12-19(17)30-24)23-25-18-11-5-7-13-20(18)31-23/h1-3,5,7-9,11,13H,4,6,10,12,14-15H2,(H,26,27). The van der Waals surface area contributed by atoms with Gasteiger partial charge in [0.15, 0.2) is 9.84 Å². The third kappa shape index (κ3) is 4.48. The SMILES string of the molecule is O=C(CS(=O)(=O)Cc1ccccc1)Nc1sc2c(c1-c1nc3ccccc3s1)CCCC2. The van der Waals surface area contributed by atoms with E-state index < -0.39 is 21.5 Å². The van der Waals surface area contributed by atoms with E-state index in [1.165, 1.54) is 10.4 Å². The second kappa shape index (κ2) is 8.77. The van der Waals surface area contributed by atoms with E-state index in [4.69, 9.17) is 4.98 Å². The van der Waals surface area contributed by atoms with E-state index in [0.29, 0.717) is 5.56 Å². The minimum absolute atomic E-state index is 0.146. The summed E-state index contributed by atoms with van der Waals surface area (Å²) in [5.74, 6) is -1.18. The zero-order valence-electron chi connectivity index (χ0n) is 17.3. The number of para-hydroxylation sites is 1. The smallest absolute Gasteiger partial charge is 0.240 e. The average molecular weight is 483 g/mol. The fourth-order valence-corrected chi connectivity index (χ4v) is 7.79.